The lowest BCUT2D eigenvalue weighted by Gasteiger charge is -2.36. The van der Waals surface area contributed by atoms with E-state index in [4.69, 9.17) is 11.6 Å². The molecular formula is C23H30ClN3O. The van der Waals surface area contributed by atoms with Crippen LogP contribution in [-0.4, -0.2) is 37.0 Å². The van der Waals surface area contributed by atoms with Gasteiger partial charge in [-0.05, 0) is 42.3 Å². The summed E-state index contributed by atoms with van der Waals surface area (Å²) in [6.07, 6.45) is 3.80. The number of nitrogens with one attached hydrogen (secondary N) is 1. The van der Waals surface area contributed by atoms with Crippen molar-refractivity contribution < 1.29 is 4.79 Å². The maximum absolute atomic E-state index is 11.9. The number of rotatable bonds is 8. The number of halogens is 1. The average molecular weight is 400 g/mol. The molecule has 0 unspecified atom stereocenters. The highest BCUT2D eigenvalue weighted by molar-refractivity contribution is 6.31. The van der Waals surface area contributed by atoms with Crippen molar-refractivity contribution in [2.45, 2.75) is 39.2 Å². The van der Waals surface area contributed by atoms with E-state index in [0.29, 0.717) is 6.42 Å². The SMILES string of the molecule is CCCCCC(=O)Nc1ccc(N2CCN(Cc3ccccc3Cl)CC2)cc1. The Bertz CT molecular complexity index is 755. The topological polar surface area (TPSA) is 35.6 Å². The quantitative estimate of drug-likeness (QED) is 0.621. The Morgan fingerprint density at radius 2 is 1.71 bits per heavy atom. The molecule has 1 amide bonds. The Hall–Kier alpha value is -2.04. The summed E-state index contributed by atoms with van der Waals surface area (Å²) in [4.78, 5) is 16.8. The van der Waals surface area contributed by atoms with Crippen molar-refractivity contribution >= 4 is 28.9 Å². The Morgan fingerprint density at radius 3 is 2.39 bits per heavy atom. The van der Waals surface area contributed by atoms with E-state index in [-0.39, 0.29) is 5.91 Å². The highest BCUT2D eigenvalue weighted by atomic mass is 35.5. The lowest BCUT2D eigenvalue weighted by atomic mass is 10.1. The zero-order valence-corrected chi connectivity index (χ0v) is 17.4. The molecule has 3 rings (SSSR count). The van der Waals surface area contributed by atoms with Crippen molar-refractivity contribution in [1.29, 1.82) is 0 Å². The normalized spacial score (nSPS) is 14.9. The lowest BCUT2D eigenvalue weighted by molar-refractivity contribution is -0.116. The molecule has 1 fully saturated rings. The van der Waals surface area contributed by atoms with Crippen LogP contribution in [0.1, 0.15) is 38.2 Å². The van der Waals surface area contributed by atoms with Crippen molar-refractivity contribution in [3.8, 4) is 0 Å². The molecule has 0 saturated carbocycles. The van der Waals surface area contributed by atoms with Gasteiger partial charge in [0.15, 0.2) is 0 Å². The predicted molar refractivity (Wildman–Crippen MR) is 118 cm³/mol. The monoisotopic (exact) mass is 399 g/mol. The molecule has 0 aliphatic carbocycles. The molecular weight excluding hydrogens is 370 g/mol. The van der Waals surface area contributed by atoms with E-state index in [2.05, 4.69) is 40.2 Å². The van der Waals surface area contributed by atoms with Gasteiger partial charge >= 0.3 is 0 Å². The van der Waals surface area contributed by atoms with E-state index in [1.807, 2.05) is 30.3 Å². The number of benzene rings is 2. The molecule has 1 saturated heterocycles. The van der Waals surface area contributed by atoms with Gasteiger partial charge in [0.05, 0.1) is 0 Å². The van der Waals surface area contributed by atoms with Gasteiger partial charge in [0, 0.05) is 55.5 Å². The zero-order chi connectivity index (χ0) is 19.8. The minimum atomic E-state index is 0.106. The van der Waals surface area contributed by atoms with Crippen LogP contribution in [0.3, 0.4) is 0 Å². The summed E-state index contributed by atoms with van der Waals surface area (Å²) in [7, 11) is 0. The van der Waals surface area contributed by atoms with Gasteiger partial charge in [-0.1, -0.05) is 49.6 Å². The summed E-state index contributed by atoms with van der Waals surface area (Å²) < 4.78 is 0. The van der Waals surface area contributed by atoms with Gasteiger partial charge in [-0.2, -0.15) is 0 Å². The van der Waals surface area contributed by atoms with Crippen LogP contribution >= 0.6 is 11.6 Å². The third-order valence-corrected chi connectivity index (χ3v) is 5.62. The number of carbonyl (C=O) groups excluding carboxylic acids is 1. The first kappa shape index (κ1) is 20.7. The molecule has 28 heavy (non-hydrogen) atoms. The molecule has 2 aromatic rings. The minimum absolute atomic E-state index is 0.106. The van der Waals surface area contributed by atoms with Gasteiger partial charge in [-0.25, -0.2) is 0 Å². The summed E-state index contributed by atoms with van der Waals surface area (Å²) in [5.41, 5.74) is 3.28. The van der Waals surface area contributed by atoms with Crippen LogP contribution in [-0.2, 0) is 11.3 Å². The highest BCUT2D eigenvalue weighted by Gasteiger charge is 2.18. The molecule has 0 bridgehead atoms. The minimum Gasteiger partial charge on any atom is -0.369 e. The van der Waals surface area contributed by atoms with Crippen molar-refractivity contribution in [1.82, 2.24) is 4.90 Å². The standard InChI is InChI=1S/C23H30ClN3O/c1-2-3-4-9-23(28)25-20-10-12-21(13-11-20)27-16-14-26(15-17-27)18-19-7-5-6-8-22(19)24/h5-8,10-13H,2-4,9,14-18H2,1H3,(H,25,28). The Labute approximate surface area is 173 Å². The molecule has 1 aliphatic rings. The fraction of sp³-hybridized carbons (Fsp3) is 0.435. The van der Waals surface area contributed by atoms with Gasteiger partial charge in [0.1, 0.15) is 0 Å². The molecule has 0 spiro atoms. The number of nitrogens with zero attached hydrogens (tertiary/aromatic N) is 2. The Kier molecular flexibility index (Phi) is 7.75. The van der Waals surface area contributed by atoms with Crippen LogP contribution < -0.4 is 10.2 Å². The van der Waals surface area contributed by atoms with Crippen molar-refractivity contribution in [2.24, 2.45) is 0 Å². The second kappa shape index (κ2) is 10.5. The number of carbonyl (C=O) groups is 1. The van der Waals surface area contributed by atoms with Crippen LogP contribution in [0, 0.1) is 0 Å². The maximum Gasteiger partial charge on any atom is 0.224 e. The average Bonchev–Trinajstić information content (AvgIpc) is 2.71. The molecule has 1 aliphatic heterocycles. The fourth-order valence-electron chi connectivity index (χ4n) is 3.55. The van der Waals surface area contributed by atoms with Gasteiger partial charge in [0.2, 0.25) is 5.91 Å². The number of hydrogen-bond acceptors (Lipinski definition) is 3. The van der Waals surface area contributed by atoms with E-state index < -0.39 is 0 Å². The van der Waals surface area contributed by atoms with Gasteiger partial charge in [-0.3, -0.25) is 9.69 Å². The van der Waals surface area contributed by atoms with Crippen molar-refractivity contribution in [3.05, 3.63) is 59.1 Å². The van der Waals surface area contributed by atoms with Gasteiger partial charge < -0.3 is 10.2 Å². The van der Waals surface area contributed by atoms with E-state index in [1.165, 1.54) is 11.3 Å². The first-order valence-electron chi connectivity index (χ1n) is 10.3. The number of unbranched alkanes of at least 4 members (excludes halogenated alkanes) is 2. The van der Waals surface area contributed by atoms with Gasteiger partial charge in [-0.15, -0.1) is 0 Å². The summed E-state index contributed by atoms with van der Waals surface area (Å²) in [6.45, 7) is 7.06. The highest BCUT2D eigenvalue weighted by Crippen LogP contribution is 2.22. The van der Waals surface area contributed by atoms with Crippen LogP contribution in [0.2, 0.25) is 5.02 Å². The zero-order valence-electron chi connectivity index (χ0n) is 16.7. The second-order valence-electron chi connectivity index (χ2n) is 7.41. The smallest absolute Gasteiger partial charge is 0.224 e. The van der Waals surface area contributed by atoms with Crippen molar-refractivity contribution in [2.75, 3.05) is 36.4 Å². The molecule has 0 atom stereocenters. The first-order chi connectivity index (χ1) is 13.7. The Morgan fingerprint density at radius 1 is 1.00 bits per heavy atom. The molecule has 4 nitrogen and oxygen atoms in total. The Balaban J connectivity index is 1.46. The van der Waals surface area contributed by atoms with Crippen LogP contribution in [0.25, 0.3) is 0 Å². The van der Waals surface area contributed by atoms with E-state index in [0.717, 1.165) is 62.7 Å². The molecule has 1 N–H and O–H groups in total. The van der Waals surface area contributed by atoms with E-state index in [9.17, 15) is 4.79 Å². The van der Waals surface area contributed by atoms with E-state index >= 15 is 0 Å². The molecule has 0 aromatic heterocycles. The van der Waals surface area contributed by atoms with E-state index in [1.54, 1.807) is 0 Å². The fourth-order valence-corrected chi connectivity index (χ4v) is 3.74. The lowest BCUT2D eigenvalue weighted by Crippen LogP contribution is -2.46. The summed E-state index contributed by atoms with van der Waals surface area (Å²) in [5.74, 6) is 0.106. The molecule has 1 heterocycles. The number of piperazine rings is 1. The summed E-state index contributed by atoms with van der Waals surface area (Å²) >= 11 is 6.29. The van der Waals surface area contributed by atoms with Gasteiger partial charge in [0.25, 0.3) is 0 Å². The van der Waals surface area contributed by atoms with Crippen molar-refractivity contribution in [3.63, 3.8) is 0 Å². The maximum atomic E-state index is 11.9. The molecule has 0 radical (unpaired) electrons. The second-order valence-corrected chi connectivity index (χ2v) is 7.81. The number of anilines is 2. The first-order valence-corrected chi connectivity index (χ1v) is 10.6. The molecule has 150 valence electrons. The predicted octanol–water partition coefficient (Wildman–Crippen LogP) is 5.18. The van der Waals surface area contributed by atoms with Crippen LogP contribution in [0.4, 0.5) is 11.4 Å². The third-order valence-electron chi connectivity index (χ3n) is 5.25. The summed E-state index contributed by atoms with van der Waals surface area (Å²) in [5, 5.41) is 3.84. The van der Waals surface area contributed by atoms with Crippen LogP contribution in [0.15, 0.2) is 48.5 Å². The molecule has 2 aromatic carbocycles. The third kappa shape index (κ3) is 5.98. The largest absolute Gasteiger partial charge is 0.369 e. The number of hydrogen-bond donors (Lipinski definition) is 1. The molecule has 5 heteroatoms. The summed E-state index contributed by atoms with van der Waals surface area (Å²) in [6, 6.07) is 16.3. The number of amides is 1. The van der Waals surface area contributed by atoms with Crippen LogP contribution in [0.5, 0.6) is 0 Å².